The third-order valence-electron chi connectivity index (χ3n) is 5.54. The summed E-state index contributed by atoms with van der Waals surface area (Å²) in [6.07, 6.45) is -4.28. The van der Waals surface area contributed by atoms with Gasteiger partial charge in [-0.3, -0.25) is 0 Å². The van der Waals surface area contributed by atoms with Crippen LogP contribution in [0.25, 0.3) is 0 Å². The summed E-state index contributed by atoms with van der Waals surface area (Å²) in [6.45, 7) is 7.39. The second-order valence-corrected chi connectivity index (χ2v) is 7.57. The van der Waals surface area contributed by atoms with Gasteiger partial charge in [0, 0.05) is 5.82 Å². The molecule has 0 amide bonds. The summed E-state index contributed by atoms with van der Waals surface area (Å²) in [5, 5.41) is 0. The zero-order chi connectivity index (χ0) is 17.9. The highest BCUT2D eigenvalue weighted by molar-refractivity contribution is 6.49. The number of benzene rings is 1. The van der Waals surface area contributed by atoms with E-state index >= 15 is 0 Å². The van der Waals surface area contributed by atoms with E-state index in [4.69, 9.17) is 14.0 Å². The fourth-order valence-corrected chi connectivity index (χ4v) is 3.40. The van der Waals surface area contributed by atoms with Crippen LogP contribution in [0.3, 0.4) is 0 Å². The summed E-state index contributed by atoms with van der Waals surface area (Å²) in [4.78, 5) is 0. The van der Waals surface area contributed by atoms with Gasteiger partial charge in [0.05, 0.1) is 24.2 Å². The lowest BCUT2D eigenvalue weighted by molar-refractivity contribution is -0.149. The van der Waals surface area contributed by atoms with Crippen molar-refractivity contribution in [3.05, 3.63) is 29.8 Å². The first-order valence-corrected chi connectivity index (χ1v) is 8.04. The Labute approximate surface area is 140 Å². The number of rotatable bonds is 3. The highest BCUT2D eigenvalue weighted by atomic mass is 19.4. The first kappa shape index (κ1) is 17.6. The molecule has 7 heteroatoms. The van der Waals surface area contributed by atoms with Crippen LogP contribution in [0.15, 0.2) is 24.3 Å². The Morgan fingerprint density at radius 3 is 1.92 bits per heavy atom. The summed E-state index contributed by atoms with van der Waals surface area (Å²) < 4.78 is 57.2. The summed E-state index contributed by atoms with van der Waals surface area (Å²) in [5.74, 6) is -2.19. The fraction of sp³-hybridized carbons (Fsp3) is 0.647. The number of halogens is 3. The molecule has 1 heterocycles. The molecule has 1 aliphatic heterocycles. The highest BCUT2D eigenvalue weighted by Gasteiger charge is 2.72. The van der Waals surface area contributed by atoms with Gasteiger partial charge in [-0.1, -0.05) is 12.1 Å². The fourth-order valence-electron chi connectivity index (χ4n) is 3.40. The molecule has 0 unspecified atom stereocenters. The molecule has 0 bridgehead atoms. The molecule has 0 radical (unpaired) electrons. The Morgan fingerprint density at radius 2 is 1.50 bits per heavy atom. The van der Waals surface area contributed by atoms with Crippen molar-refractivity contribution in [2.75, 3.05) is 7.11 Å². The van der Waals surface area contributed by atoms with Crippen LogP contribution in [-0.2, 0) is 9.31 Å². The molecule has 132 valence electrons. The van der Waals surface area contributed by atoms with Crippen molar-refractivity contribution >= 4 is 7.12 Å². The molecule has 1 saturated heterocycles. The molecule has 3 rings (SSSR count). The molecular weight excluding hydrogens is 320 g/mol. The van der Waals surface area contributed by atoms with E-state index in [1.54, 1.807) is 24.3 Å². The van der Waals surface area contributed by atoms with Crippen LogP contribution in [0.4, 0.5) is 13.2 Å². The van der Waals surface area contributed by atoms with Gasteiger partial charge in [0.25, 0.3) is 0 Å². The molecule has 3 nitrogen and oxygen atoms in total. The molecule has 1 aromatic rings. The zero-order valence-corrected chi connectivity index (χ0v) is 14.5. The van der Waals surface area contributed by atoms with Crippen molar-refractivity contribution in [2.24, 2.45) is 5.92 Å². The van der Waals surface area contributed by atoms with E-state index < -0.39 is 42.1 Å². The Kier molecular flexibility index (Phi) is 3.96. The van der Waals surface area contributed by atoms with E-state index in [1.165, 1.54) is 7.11 Å². The van der Waals surface area contributed by atoms with Crippen molar-refractivity contribution in [2.45, 2.75) is 56.8 Å². The van der Waals surface area contributed by atoms with E-state index in [2.05, 4.69) is 0 Å². The SMILES string of the molecule is COc1ccc([C@H]2[C@H](B3OC(C)(C)C(C)(C)O3)[C@H]2C(F)(F)F)cc1. The van der Waals surface area contributed by atoms with Crippen LogP contribution in [0, 0.1) is 5.92 Å². The molecule has 0 aromatic heterocycles. The van der Waals surface area contributed by atoms with Gasteiger partial charge in [-0.15, -0.1) is 0 Å². The Morgan fingerprint density at radius 1 is 1.00 bits per heavy atom. The highest BCUT2D eigenvalue weighted by Crippen LogP contribution is 2.68. The second kappa shape index (κ2) is 5.40. The van der Waals surface area contributed by atoms with Crippen LogP contribution in [0.5, 0.6) is 5.75 Å². The molecule has 24 heavy (non-hydrogen) atoms. The lowest BCUT2D eigenvalue weighted by Gasteiger charge is -2.32. The molecule has 3 atom stereocenters. The van der Waals surface area contributed by atoms with Crippen molar-refractivity contribution < 1.29 is 27.2 Å². The van der Waals surface area contributed by atoms with Crippen molar-refractivity contribution in [1.29, 1.82) is 0 Å². The largest absolute Gasteiger partial charge is 0.497 e. The maximum Gasteiger partial charge on any atom is 0.462 e. The first-order valence-electron chi connectivity index (χ1n) is 8.04. The van der Waals surface area contributed by atoms with Crippen LogP contribution in [-0.4, -0.2) is 31.6 Å². The van der Waals surface area contributed by atoms with Gasteiger partial charge < -0.3 is 14.0 Å². The topological polar surface area (TPSA) is 27.7 Å². The molecule has 2 aliphatic rings. The van der Waals surface area contributed by atoms with Crippen LogP contribution in [0.2, 0.25) is 5.82 Å². The van der Waals surface area contributed by atoms with Crippen molar-refractivity contribution in [3.63, 3.8) is 0 Å². The minimum Gasteiger partial charge on any atom is -0.497 e. The normalized spacial score (nSPS) is 31.2. The van der Waals surface area contributed by atoms with Crippen molar-refractivity contribution in [3.8, 4) is 5.75 Å². The average molecular weight is 342 g/mol. The summed E-state index contributed by atoms with van der Waals surface area (Å²) in [5.41, 5.74) is -0.639. The molecule has 0 spiro atoms. The van der Waals surface area contributed by atoms with E-state index in [0.717, 1.165) is 0 Å². The lowest BCUT2D eigenvalue weighted by atomic mass is 9.78. The minimum absolute atomic E-state index is 0.621. The molecule has 1 aromatic carbocycles. The smallest absolute Gasteiger partial charge is 0.462 e. The van der Waals surface area contributed by atoms with Gasteiger partial charge in [-0.25, -0.2) is 0 Å². The molecular formula is C17H22BF3O3. The predicted molar refractivity (Wildman–Crippen MR) is 85.1 cm³/mol. The third kappa shape index (κ3) is 2.82. The summed E-state index contributed by atoms with van der Waals surface area (Å²) in [7, 11) is 0.673. The van der Waals surface area contributed by atoms with Crippen molar-refractivity contribution in [1.82, 2.24) is 0 Å². The van der Waals surface area contributed by atoms with Gasteiger partial charge in [0.1, 0.15) is 5.75 Å². The monoisotopic (exact) mass is 342 g/mol. The Hall–Kier alpha value is -1.21. The second-order valence-electron chi connectivity index (χ2n) is 7.57. The zero-order valence-electron chi connectivity index (χ0n) is 14.5. The quantitative estimate of drug-likeness (QED) is 0.761. The predicted octanol–water partition coefficient (Wildman–Crippen LogP) is 4.43. The summed E-state index contributed by atoms with van der Waals surface area (Å²) in [6, 6.07) is 6.74. The van der Waals surface area contributed by atoms with Gasteiger partial charge in [-0.05, 0) is 51.3 Å². The molecule has 2 fully saturated rings. The minimum atomic E-state index is -4.28. The van der Waals surface area contributed by atoms with E-state index in [9.17, 15) is 13.2 Å². The van der Waals surface area contributed by atoms with Crippen LogP contribution >= 0.6 is 0 Å². The maximum atomic E-state index is 13.5. The Balaban J connectivity index is 1.86. The summed E-state index contributed by atoms with van der Waals surface area (Å²) >= 11 is 0. The van der Waals surface area contributed by atoms with Gasteiger partial charge in [0.2, 0.25) is 0 Å². The van der Waals surface area contributed by atoms with E-state index in [1.807, 2.05) is 27.7 Å². The van der Waals surface area contributed by atoms with Crippen LogP contribution < -0.4 is 4.74 Å². The average Bonchev–Trinajstić information content (AvgIpc) is 3.17. The number of ether oxygens (including phenoxy) is 1. The number of hydrogen-bond donors (Lipinski definition) is 0. The van der Waals surface area contributed by atoms with Gasteiger partial charge >= 0.3 is 13.3 Å². The lowest BCUT2D eigenvalue weighted by Crippen LogP contribution is -2.41. The number of alkyl halides is 3. The van der Waals surface area contributed by atoms with E-state index in [-0.39, 0.29) is 0 Å². The van der Waals surface area contributed by atoms with E-state index in [0.29, 0.717) is 11.3 Å². The van der Waals surface area contributed by atoms with Gasteiger partial charge in [0.15, 0.2) is 0 Å². The number of methoxy groups -OCH3 is 1. The molecule has 0 N–H and O–H groups in total. The third-order valence-corrected chi connectivity index (χ3v) is 5.54. The molecule has 1 aliphatic carbocycles. The van der Waals surface area contributed by atoms with Gasteiger partial charge in [-0.2, -0.15) is 13.2 Å². The first-order chi connectivity index (χ1) is 11.0. The van der Waals surface area contributed by atoms with Crippen LogP contribution in [0.1, 0.15) is 39.2 Å². The maximum absolute atomic E-state index is 13.5. The number of hydrogen-bond acceptors (Lipinski definition) is 3. The Bertz CT molecular complexity index is 597. The standard InChI is InChI=1S/C17H22BF3O3/c1-15(2)16(3,4)24-18(23-15)14-12(13(14)17(19,20)21)10-6-8-11(22-5)9-7-10/h6-9,12-14H,1-5H3/t12-,13+,14+/m1/s1. The molecule has 1 saturated carbocycles.